The molecule has 19 heavy (non-hydrogen) atoms. The highest BCUT2D eigenvalue weighted by atomic mass is 16.1. The van der Waals surface area contributed by atoms with Crippen molar-refractivity contribution in [1.82, 2.24) is 5.32 Å². The van der Waals surface area contributed by atoms with Crippen LogP contribution in [0.3, 0.4) is 0 Å². The fourth-order valence-corrected chi connectivity index (χ4v) is 2.01. The number of hydrogen-bond donors (Lipinski definition) is 2. The summed E-state index contributed by atoms with van der Waals surface area (Å²) in [5, 5.41) is 2.84. The zero-order valence-electron chi connectivity index (χ0n) is 12.4. The second-order valence-corrected chi connectivity index (χ2v) is 5.03. The molecule has 0 aliphatic carbocycles. The fraction of sp³-hybridized carbons (Fsp3) is 0.533. The van der Waals surface area contributed by atoms with Crippen LogP contribution >= 0.6 is 0 Å². The predicted octanol–water partition coefficient (Wildman–Crippen LogP) is 2.50. The molecule has 1 amide bonds. The second-order valence-electron chi connectivity index (χ2n) is 5.03. The van der Waals surface area contributed by atoms with Crippen LogP contribution in [0.25, 0.3) is 0 Å². The van der Waals surface area contributed by atoms with Gasteiger partial charge in [0.15, 0.2) is 0 Å². The Balaban J connectivity index is 3.02. The molecule has 1 unspecified atom stereocenters. The number of benzene rings is 1. The Labute approximate surface area is 116 Å². The average molecular weight is 263 g/mol. The van der Waals surface area contributed by atoms with Gasteiger partial charge in [0.1, 0.15) is 0 Å². The Hall–Kier alpha value is -1.71. The van der Waals surface area contributed by atoms with Crippen LogP contribution in [0.5, 0.6) is 0 Å². The lowest BCUT2D eigenvalue weighted by Crippen LogP contribution is -2.29. The summed E-state index contributed by atoms with van der Waals surface area (Å²) in [6, 6.07) is 5.43. The summed E-state index contributed by atoms with van der Waals surface area (Å²) in [7, 11) is 2.00. The van der Waals surface area contributed by atoms with E-state index >= 15 is 0 Å². The van der Waals surface area contributed by atoms with Gasteiger partial charge in [-0.1, -0.05) is 20.3 Å². The highest BCUT2D eigenvalue weighted by Gasteiger charge is 2.15. The summed E-state index contributed by atoms with van der Waals surface area (Å²) in [5.41, 5.74) is 8.10. The van der Waals surface area contributed by atoms with Crippen molar-refractivity contribution in [2.24, 2.45) is 5.92 Å². The van der Waals surface area contributed by atoms with Crippen molar-refractivity contribution >= 4 is 17.3 Å². The number of nitrogen functional groups attached to an aromatic ring is 1. The first-order valence-electron chi connectivity index (χ1n) is 6.88. The predicted molar refractivity (Wildman–Crippen MR) is 81.6 cm³/mol. The molecule has 0 fully saturated rings. The van der Waals surface area contributed by atoms with Crippen molar-refractivity contribution in [2.75, 3.05) is 30.8 Å². The molecule has 0 aliphatic heterocycles. The zero-order chi connectivity index (χ0) is 14.4. The topological polar surface area (TPSA) is 58.4 Å². The molecule has 0 saturated carbocycles. The van der Waals surface area contributed by atoms with Crippen LogP contribution in [0.15, 0.2) is 18.2 Å². The Morgan fingerprint density at radius 1 is 1.42 bits per heavy atom. The van der Waals surface area contributed by atoms with Gasteiger partial charge in [-0.3, -0.25) is 4.79 Å². The number of carbonyl (C=O) groups excluding carboxylic acids is 1. The summed E-state index contributed by atoms with van der Waals surface area (Å²) in [6.45, 7) is 7.82. The Morgan fingerprint density at radius 2 is 2.11 bits per heavy atom. The van der Waals surface area contributed by atoms with Crippen molar-refractivity contribution in [3.63, 3.8) is 0 Å². The first kappa shape index (κ1) is 15.3. The van der Waals surface area contributed by atoms with Crippen molar-refractivity contribution in [3.05, 3.63) is 23.8 Å². The van der Waals surface area contributed by atoms with Crippen molar-refractivity contribution in [3.8, 4) is 0 Å². The summed E-state index contributed by atoms with van der Waals surface area (Å²) < 4.78 is 0. The first-order chi connectivity index (χ1) is 8.99. The Kier molecular flexibility index (Phi) is 5.67. The molecule has 1 atom stereocenters. The number of rotatable bonds is 6. The molecule has 1 aromatic carbocycles. The van der Waals surface area contributed by atoms with E-state index in [0.29, 0.717) is 23.7 Å². The Morgan fingerprint density at radius 3 is 2.68 bits per heavy atom. The lowest BCUT2D eigenvalue weighted by molar-refractivity contribution is 0.0956. The molecule has 0 heterocycles. The van der Waals surface area contributed by atoms with E-state index in [1.54, 1.807) is 12.1 Å². The molecule has 106 valence electrons. The minimum Gasteiger partial charge on any atom is -0.399 e. The zero-order valence-corrected chi connectivity index (χ0v) is 12.4. The number of nitrogens with zero attached hydrogens (tertiary/aromatic N) is 1. The number of hydrogen-bond acceptors (Lipinski definition) is 3. The van der Waals surface area contributed by atoms with Crippen molar-refractivity contribution < 1.29 is 4.79 Å². The van der Waals surface area contributed by atoms with Crippen LogP contribution < -0.4 is 16.0 Å². The molecule has 0 aliphatic rings. The lowest BCUT2D eigenvalue weighted by atomic mass is 10.1. The molecule has 4 heteroatoms. The van der Waals surface area contributed by atoms with Crippen LogP contribution in [0, 0.1) is 5.92 Å². The largest absolute Gasteiger partial charge is 0.399 e. The van der Waals surface area contributed by atoms with E-state index in [2.05, 4.69) is 24.1 Å². The van der Waals surface area contributed by atoms with Gasteiger partial charge in [0, 0.05) is 25.8 Å². The average Bonchev–Trinajstić information content (AvgIpc) is 2.38. The van der Waals surface area contributed by atoms with Crippen LogP contribution in [0.4, 0.5) is 11.4 Å². The molecular weight excluding hydrogens is 238 g/mol. The maximum absolute atomic E-state index is 12.1. The molecule has 3 N–H and O–H groups in total. The summed E-state index contributed by atoms with van der Waals surface area (Å²) in [5.74, 6) is 0.530. The van der Waals surface area contributed by atoms with E-state index < -0.39 is 0 Å². The van der Waals surface area contributed by atoms with Crippen LogP contribution in [0.2, 0.25) is 0 Å². The third-order valence-corrected chi connectivity index (χ3v) is 3.30. The van der Waals surface area contributed by atoms with Gasteiger partial charge in [0.05, 0.1) is 11.3 Å². The van der Waals surface area contributed by atoms with Gasteiger partial charge in [-0.2, -0.15) is 0 Å². The number of anilines is 2. The molecule has 1 aromatic rings. The monoisotopic (exact) mass is 263 g/mol. The first-order valence-corrected chi connectivity index (χ1v) is 6.88. The molecule has 1 rings (SSSR count). The van der Waals surface area contributed by atoms with Gasteiger partial charge in [-0.15, -0.1) is 0 Å². The van der Waals surface area contributed by atoms with Crippen LogP contribution in [0.1, 0.15) is 37.6 Å². The summed E-state index contributed by atoms with van der Waals surface area (Å²) in [6.07, 6.45) is 1.11. The van der Waals surface area contributed by atoms with E-state index in [-0.39, 0.29) is 5.91 Å². The fourth-order valence-electron chi connectivity index (χ4n) is 2.01. The lowest BCUT2D eigenvalue weighted by Gasteiger charge is -2.25. The standard InChI is InChI=1S/C15H25N3O/c1-5-11(3)10-18(4)14-9-12(16)7-8-13(14)15(19)17-6-2/h7-9,11H,5-6,10,16H2,1-4H3,(H,17,19). The Bertz CT molecular complexity index is 431. The normalized spacial score (nSPS) is 12.0. The van der Waals surface area contributed by atoms with Crippen molar-refractivity contribution in [2.45, 2.75) is 27.2 Å². The van der Waals surface area contributed by atoms with E-state index in [4.69, 9.17) is 5.73 Å². The maximum atomic E-state index is 12.1. The summed E-state index contributed by atoms with van der Waals surface area (Å²) in [4.78, 5) is 14.2. The quantitative estimate of drug-likeness (QED) is 0.775. The summed E-state index contributed by atoms with van der Waals surface area (Å²) >= 11 is 0. The molecule has 4 nitrogen and oxygen atoms in total. The number of nitrogens with two attached hydrogens (primary N) is 1. The maximum Gasteiger partial charge on any atom is 0.253 e. The molecule has 0 radical (unpaired) electrons. The molecule has 0 aromatic heterocycles. The van der Waals surface area contributed by atoms with Crippen molar-refractivity contribution in [1.29, 1.82) is 0 Å². The smallest absolute Gasteiger partial charge is 0.253 e. The van der Waals surface area contributed by atoms with Crippen LogP contribution in [-0.2, 0) is 0 Å². The molecule has 0 saturated heterocycles. The van der Waals surface area contributed by atoms with E-state index in [1.165, 1.54) is 0 Å². The van der Waals surface area contributed by atoms with Gasteiger partial charge >= 0.3 is 0 Å². The van der Waals surface area contributed by atoms with Gasteiger partial charge < -0.3 is 16.0 Å². The van der Waals surface area contributed by atoms with E-state index in [1.807, 2.05) is 20.0 Å². The highest BCUT2D eigenvalue weighted by Crippen LogP contribution is 2.24. The number of nitrogens with one attached hydrogen (secondary N) is 1. The van der Waals surface area contributed by atoms with E-state index in [9.17, 15) is 4.79 Å². The highest BCUT2D eigenvalue weighted by molar-refractivity contribution is 6.00. The SMILES string of the molecule is CCNC(=O)c1ccc(N)cc1N(C)CC(C)CC. The van der Waals surface area contributed by atoms with Gasteiger partial charge in [0.25, 0.3) is 5.91 Å². The van der Waals surface area contributed by atoms with E-state index in [0.717, 1.165) is 18.7 Å². The second kappa shape index (κ2) is 7.02. The number of carbonyl (C=O) groups is 1. The van der Waals surface area contributed by atoms with Gasteiger partial charge in [0.2, 0.25) is 0 Å². The minimum atomic E-state index is -0.0477. The molecular formula is C15H25N3O. The molecule has 0 bridgehead atoms. The number of amides is 1. The minimum absolute atomic E-state index is 0.0477. The molecule has 0 spiro atoms. The third kappa shape index (κ3) is 4.16. The van der Waals surface area contributed by atoms with Gasteiger partial charge in [-0.25, -0.2) is 0 Å². The van der Waals surface area contributed by atoms with Crippen LogP contribution in [-0.4, -0.2) is 26.0 Å². The third-order valence-electron chi connectivity index (χ3n) is 3.30. The van der Waals surface area contributed by atoms with Gasteiger partial charge in [-0.05, 0) is 31.0 Å².